The van der Waals surface area contributed by atoms with Gasteiger partial charge >= 0.3 is 0 Å². The van der Waals surface area contributed by atoms with Gasteiger partial charge in [-0.2, -0.15) is 0 Å². The minimum atomic E-state index is 0.305. The zero-order chi connectivity index (χ0) is 16.4. The highest BCUT2D eigenvalue weighted by Gasteiger charge is 2.15. The molecule has 0 aliphatic carbocycles. The van der Waals surface area contributed by atoms with Crippen molar-refractivity contribution in [2.75, 3.05) is 6.61 Å². The zero-order valence-corrected chi connectivity index (χ0v) is 13.1. The SMILES string of the molecule is C=C(C)COc1ccc(-c2nc3c(C)cccn3c2N=O)cc1. The number of benzene rings is 1. The van der Waals surface area contributed by atoms with Crippen LogP contribution in [-0.4, -0.2) is 16.0 Å². The number of rotatable bonds is 5. The quantitative estimate of drug-likeness (QED) is 0.508. The Bertz CT molecular complexity index is 879. The van der Waals surface area contributed by atoms with Crippen LogP contribution in [0, 0.1) is 11.8 Å². The maximum Gasteiger partial charge on any atom is 0.209 e. The Labute approximate surface area is 134 Å². The summed E-state index contributed by atoms with van der Waals surface area (Å²) in [5.74, 6) is 1.05. The Morgan fingerprint density at radius 3 is 2.70 bits per heavy atom. The third-order valence-corrected chi connectivity index (χ3v) is 3.52. The van der Waals surface area contributed by atoms with Gasteiger partial charge in [-0.1, -0.05) is 12.6 Å². The molecule has 3 rings (SSSR count). The van der Waals surface area contributed by atoms with Crippen molar-refractivity contribution in [1.82, 2.24) is 9.38 Å². The second-order valence-corrected chi connectivity index (χ2v) is 5.53. The van der Waals surface area contributed by atoms with E-state index < -0.39 is 0 Å². The van der Waals surface area contributed by atoms with Gasteiger partial charge in [-0.05, 0) is 60.5 Å². The maximum absolute atomic E-state index is 11.3. The first-order chi connectivity index (χ1) is 11.1. The van der Waals surface area contributed by atoms with E-state index in [1.807, 2.05) is 50.2 Å². The van der Waals surface area contributed by atoms with Gasteiger partial charge in [-0.3, -0.25) is 4.40 Å². The standard InChI is InChI=1S/C18H17N3O2/c1-12(2)11-23-15-8-6-14(7-9-15)16-18(20-22)21-10-4-5-13(3)17(21)19-16/h4-10H,1,11H2,2-3H3. The van der Waals surface area contributed by atoms with E-state index in [4.69, 9.17) is 4.74 Å². The molecule has 0 atom stereocenters. The summed E-state index contributed by atoms with van der Waals surface area (Å²) in [6, 6.07) is 11.3. The van der Waals surface area contributed by atoms with Crippen LogP contribution in [0.4, 0.5) is 5.82 Å². The van der Waals surface area contributed by atoms with Gasteiger partial charge in [0.15, 0.2) is 0 Å². The highest BCUT2D eigenvalue weighted by molar-refractivity contribution is 5.75. The number of nitrogens with zero attached hydrogens (tertiary/aromatic N) is 3. The molecule has 1 aromatic carbocycles. The fourth-order valence-corrected chi connectivity index (χ4v) is 2.39. The van der Waals surface area contributed by atoms with Gasteiger partial charge < -0.3 is 4.74 Å². The third kappa shape index (κ3) is 2.85. The lowest BCUT2D eigenvalue weighted by Gasteiger charge is -2.06. The Morgan fingerprint density at radius 1 is 1.30 bits per heavy atom. The number of pyridine rings is 1. The van der Waals surface area contributed by atoms with E-state index >= 15 is 0 Å². The fraction of sp³-hybridized carbons (Fsp3) is 0.167. The summed E-state index contributed by atoms with van der Waals surface area (Å²) < 4.78 is 7.29. The number of ether oxygens (including phenoxy) is 1. The molecule has 0 aliphatic heterocycles. The molecule has 3 aromatic rings. The fourth-order valence-electron chi connectivity index (χ4n) is 2.39. The van der Waals surface area contributed by atoms with Gasteiger partial charge in [0.25, 0.3) is 0 Å². The van der Waals surface area contributed by atoms with E-state index in [0.717, 1.165) is 28.1 Å². The first kappa shape index (κ1) is 15.0. The summed E-state index contributed by atoms with van der Waals surface area (Å²) >= 11 is 0. The van der Waals surface area contributed by atoms with Crippen LogP contribution in [0.25, 0.3) is 16.9 Å². The highest BCUT2D eigenvalue weighted by Crippen LogP contribution is 2.32. The average molecular weight is 307 g/mol. The van der Waals surface area contributed by atoms with Gasteiger partial charge in [-0.15, -0.1) is 4.91 Å². The number of imidazole rings is 1. The van der Waals surface area contributed by atoms with E-state index in [-0.39, 0.29) is 0 Å². The van der Waals surface area contributed by atoms with Crippen molar-refractivity contribution in [3.63, 3.8) is 0 Å². The Morgan fingerprint density at radius 2 is 2.04 bits per heavy atom. The molecule has 5 nitrogen and oxygen atoms in total. The van der Waals surface area contributed by atoms with Gasteiger partial charge in [0.2, 0.25) is 5.82 Å². The molecule has 2 aromatic heterocycles. The summed E-state index contributed by atoms with van der Waals surface area (Å²) in [7, 11) is 0. The van der Waals surface area contributed by atoms with Crippen LogP contribution in [0.15, 0.2) is 59.9 Å². The molecule has 0 unspecified atom stereocenters. The molecule has 0 aliphatic rings. The molecule has 116 valence electrons. The Kier molecular flexibility index (Phi) is 3.93. The van der Waals surface area contributed by atoms with Crippen molar-refractivity contribution in [1.29, 1.82) is 0 Å². The predicted molar refractivity (Wildman–Crippen MR) is 91.1 cm³/mol. The highest BCUT2D eigenvalue weighted by atomic mass is 16.5. The van der Waals surface area contributed by atoms with E-state index in [9.17, 15) is 4.91 Å². The Hall–Kier alpha value is -2.95. The van der Waals surface area contributed by atoms with Crippen LogP contribution >= 0.6 is 0 Å². The van der Waals surface area contributed by atoms with Gasteiger partial charge in [0.1, 0.15) is 23.7 Å². The second-order valence-electron chi connectivity index (χ2n) is 5.53. The molecule has 0 saturated carbocycles. The van der Waals surface area contributed by atoms with Crippen molar-refractivity contribution in [2.45, 2.75) is 13.8 Å². The molecule has 0 fully saturated rings. The smallest absolute Gasteiger partial charge is 0.209 e. The summed E-state index contributed by atoms with van der Waals surface area (Å²) in [5, 5.41) is 3.17. The first-order valence-electron chi connectivity index (χ1n) is 7.29. The zero-order valence-electron chi connectivity index (χ0n) is 13.1. The lowest BCUT2D eigenvalue weighted by Crippen LogP contribution is -1.97. The summed E-state index contributed by atoms with van der Waals surface area (Å²) in [4.78, 5) is 15.9. The second kappa shape index (κ2) is 6.04. The van der Waals surface area contributed by atoms with E-state index in [0.29, 0.717) is 18.1 Å². The topological polar surface area (TPSA) is 56.0 Å². The van der Waals surface area contributed by atoms with Crippen LogP contribution < -0.4 is 4.74 Å². The molecule has 2 heterocycles. The van der Waals surface area contributed by atoms with Gasteiger partial charge in [0, 0.05) is 11.8 Å². The number of hydrogen-bond donors (Lipinski definition) is 0. The molecular formula is C18H17N3O2. The van der Waals surface area contributed by atoms with Crippen molar-refractivity contribution in [2.24, 2.45) is 5.18 Å². The molecule has 0 amide bonds. The Balaban J connectivity index is 2.01. The molecule has 0 saturated heterocycles. The molecule has 5 heteroatoms. The van der Waals surface area contributed by atoms with Crippen LogP contribution in [-0.2, 0) is 0 Å². The summed E-state index contributed by atoms with van der Waals surface area (Å²) in [6.07, 6.45) is 1.79. The molecule has 0 N–H and O–H groups in total. The van der Waals surface area contributed by atoms with E-state index in [1.54, 1.807) is 10.6 Å². The molecule has 0 bridgehead atoms. The first-order valence-corrected chi connectivity index (χ1v) is 7.29. The minimum absolute atomic E-state index is 0.305. The number of aryl methyl sites for hydroxylation is 1. The predicted octanol–water partition coefficient (Wildman–Crippen LogP) is 4.66. The van der Waals surface area contributed by atoms with Crippen molar-refractivity contribution in [3.8, 4) is 17.0 Å². The molecular weight excluding hydrogens is 290 g/mol. The summed E-state index contributed by atoms with van der Waals surface area (Å²) in [6.45, 7) is 8.15. The van der Waals surface area contributed by atoms with E-state index in [1.165, 1.54) is 0 Å². The van der Waals surface area contributed by atoms with Crippen LogP contribution in [0.3, 0.4) is 0 Å². The molecule has 0 radical (unpaired) electrons. The van der Waals surface area contributed by atoms with Crippen LogP contribution in [0.5, 0.6) is 5.75 Å². The molecule has 0 spiro atoms. The summed E-state index contributed by atoms with van der Waals surface area (Å²) in [5.41, 5.74) is 4.08. The van der Waals surface area contributed by atoms with Gasteiger partial charge in [-0.25, -0.2) is 4.98 Å². The van der Waals surface area contributed by atoms with Gasteiger partial charge in [0.05, 0.1) is 0 Å². The lowest BCUT2D eigenvalue weighted by molar-refractivity contribution is 0.353. The lowest BCUT2D eigenvalue weighted by atomic mass is 10.1. The van der Waals surface area contributed by atoms with Crippen LogP contribution in [0.2, 0.25) is 0 Å². The number of hydrogen-bond acceptors (Lipinski definition) is 4. The van der Waals surface area contributed by atoms with Crippen molar-refractivity contribution in [3.05, 3.63) is 65.2 Å². The van der Waals surface area contributed by atoms with E-state index in [2.05, 4.69) is 16.7 Å². The number of aromatic nitrogens is 2. The van der Waals surface area contributed by atoms with Crippen molar-refractivity contribution < 1.29 is 4.74 Å². The third-order valence-electron chi connectivity index (χ3n) is 3.52. The number of nitroso groups, excluding NO2 is 1. The van der Waals surface area contributed by atoms with Crippen molar-refractivity contribution >= 4 is 11.5 Å². The number of fused-ring (bicyclic) bond motifs is 1. The molecule has 23 heavy (non-hydrogen) atoms. The van der Waals surface area contributed by atoms with Crippen LogP contribution in [0.1, 0.15) is 12.5 Å². The maximum atomic E-state index is 11.3. The largest absolute Gasteiger partial charge is 0.489 e. The monoisotopic (exact) mass is 307 g/mol. The normalized spacial score (nSPS) is 10.7. The minimum Gasteiger partial charge on any atom is -0.489 e. The average Bonchev–Trinajstić information content (AvgIpc) is 2.93.